The summed E-state index contributed by atoms with van der Waals surface area (Å²) in [7, 11) is 0. The van der Waals surface area contributed by atoms with Crippen molar-refractivity contribution in [3.05, 3.63) is 12.2 Å². The first-order valence-electron chi connectivity index (χ1n) is 11.3. The van der Waals surface area contributed by atoms with Crippen molar-refractivity contribution < 1.29 is 9.90 Å². The van der Waals surface area contributed by atoms with E-state index in [0.29, 0.717) is 23.2 Å². The second-order valence-corrected chi connectivity index (χ2v) is 10.6. The lowest BCUT2D eigenvalue weighted by atomic mass is 9.45. The van der Waals surface area contributed by atoms with Crippen molar-refractivity contribution >= 4 is 5.97 Å². The highest BCUT2D eigenvalue weighted by Crippen LogP contribution is 2.67. The molecular formula is C24H38O2. The molecule has 0 heterocycles. The number of allylic oxidation sites excluding steroid dienone is 2. The zero-order valence-corrected chi connectivity index (χ0v) is 17.0. The van der Waals surface area contributed by atoms with Gasteiger partial charge in [-0.2, -0.15) is 0 Å². The van der Waals surface area contributed by atoms with Crippen LogP contribution >= 0.6 is 0 Å². The Labute approximate surface area is 159 Å². The number of aliphatic carboxylic acids is 1. The van der Waals surface area contributed by atoms with Gasteiger partial charge in [-0.1, -0.05) is 32.9 Å². The minimum absolute atomic E-state index is 0.342. The van der Waals surface area contributed by atoms with E-state index in [1.165, 1.54) is 51.4 Å². The summed E-state index contributed by atoms with van der Waals surface area (Å²) >= 11 is 0. The first-order chi connectivity index (χ1) is 12.4. The van der Waals surface area contributed by atoms with Gasteiger partial charge >= 0.3 is 5.97 Å². The van der Waals surface area contributed by atoms with Crippen LogP contribution in [0.15, 0.2) is 12.2 Å². The van der Waals surface area contributed by atoms with Crippen LogP contribution < -0.4 is 0 Å². The molecule has 3 saturated carbocycles. The molecule has 0 bridgehead atoms. The van der Waals surface area contributed by atoms with Crippen LogP contribution in [0.5, 0.6) is 0 Å². The standard InChI is InChI=1S/C24H38O2/c1-16(7-12-22(25)26)19-10-11-20-18-9-8-17-6-4-5-14-23(17,2)21(18)13-15-24(19,20)3/h5,14,16-21H,4,6-13,15H2,1-3H3,(H,25,26)/t16?,17?,18-,19+,20-,21-,23-,24+/m0/s1. The van der Waals surface area contributed by atoms with Gasteiger partial charge in [0.15, 0.2) is 0 Å². The van der Waals surface area contributed by atoms with Gasteiger partial charge in [0, 0.05) is 6.42 Å². The van der Waals surface area contributed by atoms with Gasteiger partial charge < -0.3 is 5.11 Å². The van der Waals surface area contributed by atoms with Crippen molar-refractivity contribution in [3.63, 3.8) is 0 Å². The third kappa shape index (κ3) is 2.78. The Morgan fingerprint density at radius 3 is 2.69 bits per heavy atom. The number of hydrogen-bond donors (Lipinski definition) is 1. The van der Waals surface area contributed by atoms with E-state index >= 15 is 0 Å². The second kappa shape index (κ2) is 6.67. The molecule has 1 N–H and O–H groups in total. The summed E-state index contributed by atoms with van der Waals surface area (Å²) in [5, 5.41) is 9.09. The van der Waals surface area contributed by atoms with E-state index in [2.05, 4.69) is 32.9 Å². The Kier molecular flexibility index (Phi) is 4.77. The molecule has 0 amide bonds. The zero-order chi connectivity index (χ0) is 18.5. The molecule has 2 unspecified atom stereocenters. The Morgan fingerprint density at radius 2 is 1.92 bits per heavy atom. The average molecular weight is 359 g/mol. The van der Waals surface area contributed by atoms with Crippen LogP contribution in [-0.4, -0.2) is 11.1 Å². The fourth-order valence-electron chi connectivity index (χ4n) is 8.35. The van der Waals surface area contributed by atoms with Crippen LogP contribution in [0, 0.1) is 46.3 Å². The van der Waals surface area contributed by atoms with Gasteiger partial charge in [0.25, 0.3) is 0 Å². The van der Waals surface area contributed by atoms with Crippen molar-refractivity contribution in [2.24, 2.45) is 46.3 Å². The van der Waals surface area contributed by atoms with Gasteiger partial charge in [-0.05, 0) is 104 Å². The fraction of sp³-hybridized carbons (Fsp3) is 0.875. The number of carboxylic acid groups (broad SMARTS) is 1. The molecule has 2 heteroatoms. The molecule has 2 nitrogen and oxygen atoms in total. The maximum Gasteiger partial charge on any atom is 0.303 e. The second-order valence-electron chi connectivity index (χ2n) is 10.6. The highest BCUT2D eigenvalue weighted by Gasteiger charge is 2.59. The molecular weight excluding hydrogens is 320 g/mol. The van der Waals surface area contributed by atoms with E-state index < -0.39 is 5.97 Å². The van der Waals surface area contributed by atoms with Gasteiger partial charge in [-0.3, -0.25) is 4.79 Å². The largest absolute Gasteiger partial charge is 0.481 e. The average Bonchev–Trinajstić information content (AvgIpc) is 2.96. The Balaban J connectivity index is 1.53. The van der Waals surface area contributed by atoms with Crippen molar-refractivity contribution in [1.29, 1.82) is 0 Å². The van der Waals surface area contributed by atoms with Gasteiger partial charge in [0.1, 0.15) is 0 Å². The zero-order valence-electron chi connectivity index (χ0n) is 17.0. The lowest BCUT2D eigenvalue weighted by molar-refractivity contribution is -0.137. The van der Waals surface area contributed by atoms with Crippen LogP contribution in [0.25, 0.3) is 0 Å². The van der Waals surface area contributed by atoms with Gasteiger partial charge in [0.05, 0.1) is 0 Å². The Morgan fingerprint density at radius 1 is 1.12 bits per heavy atom. The molecule has 0 aromatic carbocycles. The SMILES string of the molecule is CC(CCC(=O)O)[C@H]1CC[C@H]2[C@@H]3CCC4CCC=C[C@]4(C)[C@H]3CC[C@]12C. The lowest BCUT2D eigenvalue weighted by Crippen LogP contribution is -2.52. The normalized spacial score (nSPS) is 48.3. The van der Waals surface area contributed by atoms with Crippen LogP contribution in [0.4, 0.5) is 0 Å². The molecule has 26 heavy (non-hydrogen) atoms. The fourth-order valence-corrected chi connectivity index (χ4v) is 8.35. The molecule has 0 aromatic rings. The molecule has 4 rings (SSSR count). The van der Waals surface area contributed by atoms with E-state index in [0.717, 1.165) is 36.0 Å². The predicted octanol–water partition coefficient (Wildman–Crippen LogP) is 6.31. The quantitative estimate of drug-likeness (QED) is 0.598. The van der Waals surface area contributed by atoms with Gasteiger partial charge in [0.2, 0.25) is 0 Å². The van der Waals surface area contributed by atoms with E-state index in [1.807, 2.05) is 0 Å². The third-order valence-corrected chi connectivity index (χ3v) is 9.70. The summed E-state index contributed by atoms with van der Waals surface area (Å²) in [6.45, 7) is 7.48. The summed E-state index contributed by atoms with van der Waals surface area (Å²) < 4.78 is 0. The third-order valence-electron chi connectivity index (χ3n) is 9.70. The molecule has 4 aliphatic rings. The number of hydrogen-bond acceptors (Lipinski definition) is 1. The first-order valence-corrected chi connectivity index (χ1v) is 11.3. The lowest BCUT2D eigenvalue weighted by Gasteiger charge is -2.59. The van der Waals surface area contributed by atoms with E-state index in [1.54, 1.807) is 0 Å². The molecule has 4 aliphatic carbocycles. The number of carbonyl (C=O) groups is 1. The highest BCUT2D eigenvalue weighted by molar-refractivity contribution is 5.66. The topological polar surface area (TPSA) is 37.3 Å². The minimum atomic E-state index is -0.629. The van der Waals surface area contributed by atoms with Crippen LogP contribution in [-0.2, 0) is 4.79 Å². The van der Waals surface area contributed by atoms with Crippen molar-refractivity contribution in [3.8, 4) is 0 Å². The maximum absolute atomic E-state index is 11.0. The molecule has 0 aromatic heterocycles. The highest BCUT2D eigenvalue weighted by atomic mass is 16.4. The number of carboxylic acids is 1. The molecule has 3 fully saturated rings. The number of fused-ring (bicyclic) bond motifs is 5. The molecule has 0 aliphatic heterocycles. The molecule has 146 valence electrons. The maximum atomic E-state index is 11.0. The van der Waals surface area contributed by atoms with Crippen LogP contribution in [0.3, 0.4) is 0 Å². The summed E-state index contributed by atoms with van der Waals surface area (Å²) in [6.07, 6.45) is 17.4. The Hall–Kier alpha value is -0.790. The summed E-state index contributed by atoms with van der Waals surface area (Å²) in [5.74, 6) is 4.27. The predicted molar refractivity (Wildman–Crippen MR) is 106 cm³/mol. The first kappa shape index (κ1) is 18.6. The molecule has 0 spiro atoms. The smallest absolute Gasteiger partial charge is 0.303 e. The summed E-state index contributed by atoms with van der Waals surface area (Å²) in [4.78, 5) is 11.0. The monoisotopic (exact) mass is 358 g/mol. The van der Waals surface area contributed by atoms with Crippen LogP contribution in [0.2, 0.25) is 0 Å². The molecule has 8 atom stereocenters. The molecule has 0 radical (unpaired) electrons. The summed E-state index contributed by atoms with van der Waals surface area (Å²) in [6, 6.07) is 0. The van der Waals surface area contributed by atoms with Crippen LogP contribution in [0.1, 0.15) is 85.0 Å². The minimum Gasteiger partial charge on any atom is -0.481 e. The van der Waals surface area contributed by atoms with E-state index in [9.17, 15) is 4.79 Å². The number of rotatable bonds is 4. The van der Waals surface area contributed by atoms with Crippen molar-refractivity contribution in [1.82, 2.24) is 0 Å². The van der Waals surface area contributed by atoms with Crippen molar-refractivity contribution in [2.75, 3.05) is 0 Å². The van der Waals surface area contributed by atoms with Gasteiger partial charge in [-0.25, -0.2) is 0 Å². The summed E-state index contributed by atoms with van der Waals surface area (Å²) in [5.41, 5.74) is 0.913. The van der Waals surface area contributed by atoms with Crippen molar-refractivity contribution in [2.45, 2.75) is 85.0 Å². The van der Waals surface area contributed by atoms with Gasteiger partial charge in [-0.15, -0.1) is 0 Å². The van der Waals surface area contributed by atoms with E-state index in [-0.39, 0.29) is 0 Å². The molecule has 0 saturated heterocycles. The van der Waals surface area contributed by atoms with E-state index in [4.69, 9.17) is 5.11 Å². The Bertz CT molecular complexity index is 581.